The Morgan fingerprint density at radius 3 is 2.63 bits per heavy atom. The minimum atomic E-state index is 0.535. The molecule has 2 heterocycles. The Morgan fingerprint density at radius 1 is 1.16 bits per heavy atom. The molecule has 6 nitrogen and oxygen atoms in total. The zero-order valence-corrected chi connectivity index (χ0v) is 13.0. The summed E-state index contributed by atoms with van der Waals surface area (Å²) in [6.45, 7) is 0. The molecule has 0 amide bonds. The van der Waals surface area contributed by atoms with Crippen LogP contribution in [0.1, 0.15) is 0 Å². The minimum Gasteiger partial charge on any atom is -0.225 e. The molecular weight excluding hydrogens is 376 g/mol. The van der Waals surface area contributed by atoms with Gasteiger partial charge in [0.05, 0.1) is 24.5 Å². The largest absolute Gasteiger partial charge is 0.225 e. The predicted octanol–water partition coefficient (Wildman–Crippen LogP) is 2.59. The lowest BCUT2D eigenvalue weighted by atomic mass is 10.3. The first kappa shape index (κ1) is 12.5. The van der Waals surface area contributed by atoms with Crippen LogP contribution in [0.2, 0.25) is 0 Å². The SMILES string of the molecule is Cn1nnc(-c2cnn(-c3ccccc3Br)c2Br)n1. The molecule has 0 aliphatic carbocycles. The number of hydrogen-bond acceptors (Lipinski definition) is 4. The maximum Gasteiger partial charge on any atom is 0.209 e. The lowest BCUT2D eigenvalue weighted by Gasteiger charge is -2.05. The molecule has 0 aliphatic rings. The lowest BCUT2D eigenvalue weighted by molar-refractivity contribution is 0.630. The number of benzene rings is 1. The molecule has 3 rings (SSSR count). The van der Waals surface area contributed by atoms with Gasteiger partial charge in [-0.1, -0.05) is 12.1 Å². The van der Waals surface area contributed by atoms with Crippen LogP contribution >= 0.6 is 31.9 Å². The van der Waals surface area contributed by atoms with Crippen molar-refractivity contribution in [1.82, 2.24) is 30.0 Å². The number of aromatic nitrogens is 6. The van der Waals surface area contributed by atoms with Gasteiger partial charge in [0.2, 0.25) is 5.82 Å². The van der Waals surface area contributed by atoms with Gasteiger partial charge in [-0.2, -0.15) is 9.90 Å². The molecule has 0 atom stereocenters. The number of rotatable bonds is 2. The molecule has 3 aromatic rings. The summed E-state index contributed by atoms with van der Waals surface area (Å²) in [4.78, 5) is 1.41. The fourth-order valence-electron chi connectivity index (χ4n) is 1.67. The lowest BCUT2D eigenvalue weighted by Crippen LogP contribution is -1.97. The molecule has 2 aromatic heterocycles. The second-order valence-electron chi connectivity index (χ2n) is 3.81. The standard InChI is InChI=1S/C11H8Br2N6/c1-18-16-11(15-17-18)7-6-14-19(10(7)13)9-5-3-2-4-8(9)12/h2-6H,1H3. The number of nitrogens with zero attached hydrogens (tertiary/aromatic N) is 6. The summed E-state index contributed by atoms with van der Waals surface area (Å²) in [6.07, 6.45) is 1.71. The van der Waals surface area contributed by atoms with Crippen molar-refractivity contribution >= 4 is 31.9 Å². The van der Waals surface area contributed by atoms with Gasteiger partial charge in [0, 0.05) is 4.47 Å². The molecular formula is C11H8Br2N6. The van der Waals surface area contributed by atoms with E-state index in [4.69, 9.17) is 0 Å². The van der Waals surface area contributed by atoms with E-state index in [1.165, 1.54) is 4.80 Å². The molecule has 0 unspecified atom stereocenters. The van der Waals surface area contributed by atoms with E-state index >= 15 is 0 Å². The molecule has 0 fully saturated rings. The Morgan fingerprint density at radius 2 is 1.95 bits per heavy atom. The van der Waals surface area contributed by atoms with E-state index in [0.29, 0.717) is 5.82 Å². The number of hydrogen-bond donors (Lipinski definition) is 0. The van der Waals surface area contributed by atoms with Crippen LogP contribution in [0.4, 0.5) is 0 Å². The molecule has 96 valence electrons. The van der Waals surface area contributed by atoms with Gasteiger partial charge in [-0.25, -0.2) is 4.68 Å². The second-order valence-corrected chi connectivity index (χ2v) is 5.42. The van der Waals surface area contributed by atoms with Crippen molar-refractivity contribution in [1.29, 1.82) is 0 Å². The van der Waals surface area contributed by atoms with Gasteiger partial charge >= 0.3 is 0 Å². The van der Waals surface area contributed by atoms with Crippen LogP contribution < -0.4 is 0 Å². The fraction of sp³-hybridized carbons (Fsp3) is 0.0909. The first-order chi connectivity index (χ1) is 9.16. The van der Waals surface area contributed by atoms with Gasteiger partial charge < -0.3 is 0 Å². The van der Waals surface area contributed by atoms with E-state index in [0.717, 1.165) is 20.3 Å². The third-order valence-electron chi connectivity index (χ3n) is 2.54. The molecule has 0 N–H and O–H groups in total. The van der Waals surface area contributed by atoms with E-state index in [1.54, 1.807) is 17.9 Å². The van der Waals surface area contributed by atoms with Gasteiger partial charge in [0.1, 0.15) is 4.60 Å². The molecule has 19 heavy (non-hydrogen) atoms. The molecule has 8 heteroatoms. The Balaban J connectivity index is 2.12. The van der Waals surface area contributed by atoms with Crippen LogP contribution in [0.5, 0.6) is 0 Å². The average molecular weight is 384 g/mol. The molecule has 0 bridgehead atoms. The van der Waals surface area contributed by atoms with Gasteiger partial charge in [-0.15, -0.1) is 10.2 Å². The Kier molecular flexibility index (Phi) is 3.19. The molecule has 1 aromatic carbocycles. The molecule has 0 radical (unpaired) electrons. The summed E-state index contributed by atoms with van der Waals surface area (Å²) in [6, 6.07) is 7.84. The van der Waals surface area contributed by atoms with Crippen LogP contribution in [0.3, 0.4) is 0 Å². The second kappa shape index (κ2) is 4.86. The molecule has 0 saturated carbocycles. The average Bonchev–Trinajstić information content (AvgIpc) is 2.97. The van der Waals surface area contributed by atoms with Crippen LogP contribution in [0.15, 0.2) is 39.5 Å². The Hall–Kier alpha value is -1.54. The van der Waals surface area contributed by atoms with Crippen molar-refractivity contribution in [3.8, 4) is 17.1 Å². The number of aryl methyl sites for hydroxylation is 1. The van der Waals surface area contributed by atoms with E-state index in [-0.39, 0.29) is 0 Å². The summed E-state index contributed by atoms with van der Waals surface area (Å²) in [7, 11) is 1.72. The Bertz CT molecular complexity index is 732. The number of para-hydroxylation sites is 1. The first-order valence-electron chi connectivity index (χ1n) is 5.39. The first-order valence-corrected chi connectivity index (χ1v) is 6.98. The normalized spacial score (nSPS) is 10.9. The maximum atomic E-state index is 4.36. The summed E-state index contributed by atoms with van der Waals surface area (Å²) in [5.74, 6) is 0.535. The van der Waals surface area contributed by atoms with E-state index in [9.17, 15) is 0 Å². The highest BCUT2D eigenvalue weighted by molar-refractivity contribution is 9.11. The van der Waals surface area contributed by atoms with Crippen LogP contribution in [-0.2, 0) is 7.05 Å². The highest BCUT2D eigenvalue weighted by atomic mass is 79.9. The predicted molar refractivity (Wildman–Crippen MR) is 76.8 cm³/mol. The fourth-order valence-corrected chi connectivity index (χ4v) is 2.68. The smallest absolute Gasteiger partial charge is 0.209 e. The molecule has 0 saturated heterocycles. The maximum absolute atomic E-state index is 4.36. The van der Waals surface area contributed by atoms with Crippen molar-refractivity contribution in [2.45, 2.75) is 0 Å². The zero-order chi connectivity index (χ0) is 13.4. The van der Waals surface area contributed by atoms with Crippen molar-refractivity contribution in [2.75, 3.05) is 0 Å². The van der Waals surface area contributed by atoms with Crippen molar-refractivity contribution < 1.29 is 0 Å². The third kappa shape index (κ3) is 2.21. The third-order valence-corrected chi connectivity index (χ3v) is 3.97. The van der Waals surface area contributed by atoms with E-state index in [2.05, 4.69) is 52.4 Å². The number of halogens is 2. The van der Waals surface area contributed by atoms with Gasteiger partial charge in [-0.05, 0) is 49.2 Å². The topological polar surface area (TPSA) is 61.4 Å². The molecule has 0 aliphatic heterocycles. The zero-order valence-electron chi connectivity index (χ0n) is 9.83. The van der Waals surface area contributed by atoms with Crippen molar-refractivity contribution in [2.24, 2.45) is 7.05 Å². The van der Waals surface area contributed by atoms with E-state index < -0.39 is 0 Å². The van der Waals surface area contributed by atoms with Gasteiger partial charge in [0.25, 0.3) is 0 Å². The van der Waals surface area contributed by atoms with Gasteiger partial charge in [-0.3, -0.25) is 0 Å². The van der Waals surface area contributed by atoms with Gasteiger partial charge in [0.15, 0.2) is 0 Å². The summed E-state index contributed by atoms with van der Waals surface area (Å²) >= 11 is 7.04. The van der Waals surface area contributed by atoms with Crippen LogP contribution in [0.25, 0.3) is 17.1 Å². The highest BCUT2D eigenvalue weighted by Crippen LogP contribution is 2.30. The van der Waals surface area contributed by atoms with Crippen LogP contribution in [-0.4, -0.2) is 30.0 Å². The quantitative estimate of drug-likeness (QED) is 0.682. The monoisotopic (exact) mass is 382 g/mol. The summed E-state index contributed by atoms with van der Waals surface area (Å²) in [5.41, 5.74) is 1.73. The van der Waals surface area contributed by atoms with Crippen molar-refractivity contribution in [3.63, 3.8) is 0 Å². The minimum absolute atomic E-state index is 0.535. The summed E-state index contributed by atoms with van der Waals surface area (Å²) in [5, 5.41) is 16.3. The molecule has 0 spiro atoms. The van der Waals surface area contributed by atoms with E-state index in [1.807, 2.05) is 24.3 Å². The van der Waals surface area contributed by atoms with Crippen molar-refractivity contribution in [3.05, 3.63) is 39.5 Å². The number of tetrazole rings is 1. The Labute approximate surface area is 125 Å². The summed E-state index contributed by atoms with van der Waals surface area (Å²) < 4.78 is 3.51. The highest BCUT2D eigenvalue weighted by Gasteiger charge is 2.16. The van der Waals surface area contributed by atoms with Crippen LogP contribution in [0, 0.1) is 0 Å².